The topological polar surface area (TPSA) is 89.3 Å². The Hall–Kier alpha value is -2.73. The third kappa shape index (κ3) is 4.89. The van der Waals surface area contributed by atoms with E-state index >= 15 is 0 Å². The number of benzene rings is 2. The van der Waals surface area contributed by atoms with E-state index in [4.69, 9.17) is 11.6 Å². The number of nitro groups is 1. The highest BCUT2D eigenvalue weighted by molar-refractivity contribution is 6.34. The summed E-state index contributed by atoms with van der Waals surface area (Å²) in [5, 5.41) is 13.1. The summed E-state index contributed by atoms with van der Waals surface area (Å²) in [7, 11) is 0. The molecule has 6 nitrogen and oxygen atoms in total. The summed E-state index contributed by atoms with van der Waals surface area (Å²) in [5.41, 5.74) is 1.35. The molecular formula is C16H13ClN2O4. The van der Waals surface area contributed by atoms with Crippen LogP contribution in [0.3, 0.4) is 0 Å². The van der Waals surface area contributed by atoms with Crippen LogP contribution in [-0.2, 0) is 11.2 Å². The molecule has 0 radical (unpaired) electrons. The number of ketones is 1. The highest BCUT2D eigenvalue weighted by Gasteiger charge is 2.16. The van der Waals surface area contributed by atoms with Crippen molar-refractivity contribution in [3.05, 3.63) is 74.8 Å². The van der Waals surface area contributed by atoms with Gasteiger partial charge in [-0.25, -0.2) is 0 Å². The minimum Gasteiger partial charge on any atom is -0.326 e. The van der Waals surface area contributed by atoms with E-state index in [-0.39, 0.29) is 22.9 Å². The van der Waals surface area contributed by atoms with Crippen molar-refractivity contribution >= 4 is 29.0 Å². The van der Waals surface area contributed by atoms with Crippen LogP contribution < -0.4 is 5.32 Å². The molecule has 2 aromatic rings. The minimum absolute atomic E-state index is 0.0597. The zero-order valence-electron chi connectivity index (χ0n) is 12.0. The van der Waals surface area contributed by atoms with E-state index in [1.165, 1.54) is 18.2 Å². The lowest BCUT2D eigenvalue weighted by molar-refractivity contribution is -0.465. The standard InChI is InChI=1S/C16H13ClN2O4/c17-14-9-12(6-7-13(14)15(20)10-19(22)23)18-16(21)8-11-4-2-1-3-5-11/h1-7,9H,8,10H2,(H,18,21). The van der Waals surface area contributed by atoms with Crippen molar-refractivity contribution in [3.63, 3.8) is 0 Å². The summed E-state index contributed by atoms with van der Waals surface area (Å²) >= 11 is 5.96. The maximum atomic E-state index is 11.9. The van der Waals surface area contributed by atoms with E-state index in [1.54, 1.807) is 0 Å². The summed E-state index contributed by atoms with van der Waals surface area (Å²) in [6.45, 7) is -0.820. The minimum atomic E-state index is -0.820. The molecule has 0 aliphatic carbocycles. The van der Waals surface area contributed by atoms with Crippen LogP contribution in [0.25, 0.3) is 0 Å². The Morgan fingerprint density at radius 3 is 2.43 bits per heavy atom. The van der Waals surface area contributed by atoms with Crippen LogP contribution in [0.5, 0.6) is 0 Å². The van der Waals surface area contributed by atoms with Gasteiger partial charge in [-0.1, -0.05) is 41.9 Å². The van der Waals surface area contributed by atoms with Crippen LogP contribution in [0.2, 0.25) is 5.02 Å². The summed E-state index contributed by atoms with van der Waals surface area (Å²) < 4.78 is 0. The summed E-state index contributed by atoms with van der Waals surface area (Å²) in [4.78, 5) is 33.2. The Balaban J connectivity index is 2.04. The van der Waals surface area contributed by atoms with Crippen LogP contribution in [-0.4, -0.2) is 23.2 Å². The van der Waals surface area contributed by atoms with Gasteiger partial charge >= 0.3 is 0 Å². The number of carbonyl (C=O) groups is 2. The van der Waals surface area contributed by atoms with Crippen molar-refractivity contribution in [2.45, 2.75) is 6.42 Å². The van der Waals surface area contributed by atoms with Gasteiger partial charge in [-0.2, -0.15) is 0 Å². The fourth-order valence-corrected chi connectivity index (χ4v) is 2.29. The van der Waals surface area contributed by atoms with Crippen molar-refractivity contribution in [2.24, 2.45) is 0 Å². The second-order valence-electron chi connectivity index (χ2n) is 4.82. The number of nitrogens with zero attached hydrogens (tertiary/aromatic N) is 1. The lowest BCUT2D eigenvalue weighted by Gasteiger charge is -2.07. The molecule has 0 unspecified atom stereocenters. The number of amides is 1. The van der Waals surface area contributed by atoms with Gasteiger partial charge in [0.1, 0.15) is 0 Å². The number of anilines is 1. The van der Waals surface area contributed by atoms with Crippen molar-refractivity contribution in [1.29, 1.82) is 0 Å². The van der Waals surface area contributed by atoms with Gasteiger partial charge < -0.3 is 5.32 Å². The molecule has 0 bridgehead atoms. The normalized spacial score (nSPS) is 10.1. The van der Waals surface area contributed by atoms with Gasteiger partial charge in [0.15, 0.2) is 0 Å². The maximum Gasteiger partial charge on any atom is 0.265 e. The van der Waals surface area contributed by atoms with Gasteiger partial charge in [0, 0.05) is 16.2 Å². The number of Topliss-reactive ketones (excluding diaryl/α,β-unsaturated/α-hetero) is 1. The van der Waals surface area contributed by atoms with Gasteiger partial charge in [0.25, 0.3) is 6.54 Å². The van der Waals surface area contributed by atoms with E-state index in [9.17, 15) is 19.7 Å². The highest BCUT2D eigenvalue weighted by Crippen LogP contribution is 2.21. The molecule has 0 aliphatic rings. The Bertz CT molecular complexity index is 747. The second kappa shape index (κ2) is 7.51. The number of hydrogen-bond donors (Lipinski definition) is 1. The molecule has 0 fully saturated rings. The lowest BCUT2D eigenvalue weighted by atomic mass is 10.1. The molecule has 0 saturated carbocycles. The molecule has 0 spiro atoms. The van der Waals surface area contributed by atoms with Gasteiger partial charge in [-0.3, -0.25) is 19.7 Å². The van der Waals surface area contributed by atoms with E-state index < -0.39 is 17.3 Å². The van der Waals surface area contributed by atoms with E-state index in [0.717, 1.165) is 5.56 Å². The van der Waals surface area contributed by atoms with Crippen LogP contribution in [0.15, 0.2) is 48.5 Å². The Morgan fingerprint density at radius 1 is 1.13 bits per heavy atom. The predicted molar refractivity (Wildman–Crippen MR) is 86.4 cm³/mol. The number of carbonyl (C=O) groups excluding carboxylic acids is 2. The summed E-state index contributed by atoms with van der Waals surface area (Å²) in [6.07, 6.45) is 0.209. The average molecular weight is 333 g/mol. The first-order valence-corrected chi connectivity index (χ1v) is 7.12. The van der Waals surface area contributed by atoms with Crippen molar-refractivity contribution in [3.8, 4) is 0 Å². The van der Waals surface area contributed by atoms with Crippen molar-refractivity contribution < 1.29 is 14.5 Å². The van der Waals surface area contributed by atoms with Gasteiger partial charge in [-0.15, -0.1) is 0 Å². The predicted octanol–water partition coefficient (Wildman–Crippen LogP) is 2.98. The first kappa shape index (κ1) is 16.6. The summed E-state index contributed by atoms with van der Waals surface area (Å²) in [6, 6.07) is 13.5. The Morgan fingerprint density at radius 2 is 1.83 bits per heavy atom. The Labute approximate surface area is 137 Å². The van der Waals surface area contributed by atoms with E-state index in [0.29, 0.717) is 5.69 Å². The third-order valence-electron chi connectivity index (χ3n) is 3.03. The monoisotopic (exact) mass is 332 g/mol. The smallest absolute Gasteiger partial charge is 0.265 e. The molecule has 2 aromatic carbocycles. The van der Waals surface area contributed by atoms with Crippen molar-refractivity contribution in [2.75, 3.05) is 11.9 Å². The molecule has 2 rings (SSSR count). The number of halogens is 1. The quantitative estimate of drug-likeness (QED) is 0.500. The van der Waals surface area contributed by atoms with E-state index in [1.807, 2.05) is 30.3 Å². The second-order valence-corrected chi connectivity index (χ2v) is 5.23. The first-order valence-electron chi connectivity index (χ1n) is 6.74. The highest BCUT2D eigenvalue weighted by atomic mass is 35.5. The zero-order valence-corrected chi connectivity index (χ0v) is 12.7. The van der Waals surface area contributed by atoms with Crippen LogP contribution in [0.4, 0.5) is 5.69 Å². The molecule has 0 saturated heterocycles. The van der Waals surface area contributed by atoms with Gasteiger partial charge in [-0.05, 0) is 23.8 Å². The third-order valence-corrected chi connectivity index (χ3v) is 3.35. The fourth-order valence-electron chi connectivity index (χ4n) is 2.01. The molecule has 0 atom stereocenters. The van der Waals surface area contributed by atoms with Gasteiger partial charge in [0.2, 0.25) is 11.7 Å². The lowest BCUT2D eigenvalue weighted by Crippen LogP contribution is -2.16. The maximum absolute atomic E-state index is 11.9. The molecule has 7 heteroatoms. The van der Waals surface area contributed by atoms with E-state index in [2.05, 4.69) is 5.32 Å². The first-order chi connectivity index (χ1) is 11.0. The molecule has 1 amide bonds. The number of hydrogen-bond acceptors (Lipinski definition) is 4. The van der Waals surface area contributed by atoms with Crippen LogP contribution in [0.1, 0.15) is 15.9 Å². The number of rotatable bonds is 6. The van der Waals surface area contributed by atoms with Crippen LogP contribution >= 0.6 is 11.6 Å². The molecule has 118 valence electrons. The SMILES string of the molecule is O=C(Cc1ccccc1)Nc1ccc(C(=O)C[N+](=O)[O-])c(Cl)c1. The Kier molecular flexibility index (Phi) is 5.43. The van der Waals surface area contributed by atoms with Crippen molar-refractivity contribution in [1.82, 2.24) is 0 Å². The molecule has 23 heavy (non-hydrogen) atoms. The molecule has 0 aromatic heterocycles. The van der Waals surface area contributed by atoms with Crippen LogP contribution in [0, 0.1) is 10.1 Å². The average Bonchev–Trinajstić information content (AvgIpc) is 2.47. The fraction of sp³-hybridized carbons (Fsp3) is 0.125. The molecule has 0 aliphatic heterocycles. The molecular weight excluding hydrogens is 320 g/mol. The molecule has 1 N–H and O–H groups in total. The van der Waals surface area contributed by atoms with Gasteiger partial charge in [0.05, 0.1) is 11.4 Å². The molecule has 0 heterocycles. The number of nitrogens with one attached hydrogen (secondary N) is 1. The summed E-state index contributed by atoms with van der Waals surface area (Å²) in [5.74, 6) is -0.904. The largest absolute Gasteiger partial charge is 0.326 e. The zero-order chi connectivity index (χ0) is 16.8.